The van der Waals surface area contributed by atoms with Gasteiger partial charge in [0, 0.05) is 11.8 Å². The van der Waals surface area contributed by atoms with Crippen molar-refractivity contribution in [3.63, 3.8) is 0 Å². The van der Waals surface area contributed by atoms with Crippen LogP contribution in [0.4, 0.5) is 10.1 Å². The normalized spacial score (nSPS) is 10.9. The van der Waals surface area contributed by atoms with E-state index >= 15 is 0 Å². The van der Waals surface area contributed by atoms with Crippen molar-refractivity contribution < 1.29 is 13.9 Å². The second-order valence-corrected chi connectivity index (χ2v) is 5.47. The van der Waals surface area contributed by atoms with E-state index in [1.54, 1.807) is 18.2 Å². The van der Waals surface area contributed by atoms with Crippen molar-refractivity contribution in [3.8, 4) is 11.4 Å². The molecule has 0 radical (unpaired) electrons. The van der Waals surface area contributed by atoms with Gasteiger partial charge in [0.15, 0.2) is 11.6 Å². The lowest BCUT2D eigenvalue weighted by molar-refractivity contribution is -0.111. The fourth-order valence-electron chi connectivity index (χ4n) is 2.35. The second kappa shape index (κ2) is 7.56. The SMILES string of the molecule is COc1ccc(/C=C/C(=O)Nc2ccc(C)c(-n3cnnn3)c2)cc1F. The third-order valence-electron chi connectivity index (χ3n) is 3.68. The van der Waals surface area contributed by atoms with Crippen LogP contribution in [0, 0.1) is 12.7 Å². The minimum absolute atomic E-state index is 0.154. The molecule has 2 aromatic carbocycles. The maximum absolute atomic E-state index is 13.7. The molecule has 7 nitrogen and oxygen atoms in total. The lowest BCUT2D eigenvalue weighted by Gasteiger charge is -2.08. The number of halogens is 1. The smallest absolute Gasteiger partial charge is 0.248 e. The summed E-state index contributed by atoms with van der Waals surface area (Å²) in [6.07, 6.45) is 4.33. The highest BCUT2D eigenvalue weighted by Gasteiger charge is 2.06. The molecule has 1 aromatic heterocycles. The van der Waals surface area contributed by atoms with Crippen LogP contribution in [-0.4, -0.2) is 33.2 Å². The number of carbonyl (C=O) groups is 1. The van der Waals surface area contributed by atoms with E-state index in [1.165, 1.54) is 42.4 Å². The van der Waals surface area contributed by atoms with Crippen molar-refractivity contribution in [2.75, 3.05) is 12.4 Å². The summed E-state index contributed by atoms with van der Waals surface area (Å²) in [5, 5.41) is 13.8. The number of benzene rings is 2. The highest BCUT2D eigenvalue weighted by molar-refractivity contribution is 6.02. The zero-order valence-electron chi connectivity index (χ0n) is 14.2. The third-order valence-corrected chi connectivity index (χ3v) is 3.68. The number of tetrazole rings is 1. The molecule has 0 aliphatic carbocycles. The monoisotopic (exact) mass is 353 g/mol. The first kappa shape index (κ1) is 17.3. The number of amides is 1. The van der Waals surface area contributed by atoms with Gasteiger partial charge in [0.2, 0.25) is 5.91 Å². The predicted octanol–water partition coefficient (Wildman–Crippen LogP) is 2.77. The zero-order valence-corrected chi connectivity index (χ0v) is 14.2. The lowest BCUT2D eigenvalue weighted by Crippen LogP contribution is -2.09. The van der Waals surface area contributed by atoms with E-state index < -0.39 is 5.82 Å². The van der Waals surface area contributed by atoms with Crippen molar-refractivity contribution in [1.29, 1.82) is 0 Å². The summed E-state index contributed by atoms with van der Waals surface area (Å²) >= 11 is 0. The molecule has 0 bridgehead atoms. The van der Waals surface area contributed by atoms with Crippen molar-refractivity contribution in [2.45, 2.75) is 6.92 Å². The molecule has 3 rings (SSSR count). The van der Waals surface area contributed by atoms with Crippen molar-refractivity contribution in [3.05, 3.63) is 65.7 Å². The van der Waals surface area contributed by atoms with Crippen LogP contribution in [-0.2, 0) is 4.79 Å². The predicted molar refractivity (Wildman–Crippen MR) is 94.5 cm³/mol. The zero-order chi connectivity index (χ0) is 18.5. The van der Waals surface area contributed by atoms with Gasteiger partial charge in [0.25, 0.3) is 0 Å². The molecule has 0 aliphatic rings. The summed E-state index contributed by atoms with van der Waals surface area (Å²) in [6.45, 7) is 1.92. The average Bonchev–Trinajstić information content (AvgIpc) is 3.16. The molecule has 0 aliphatic heterocycles. The van der Waals surface area contributed by atoms with E-state index in [4.69, 9.17) is 4.74 Å². The van der Waals surface area contributed by atoms with Gasteiger partial charge in [0.1, 0.15) is 6.33 Å². The first-order chi connectivity index (χ1) is 12.6. The summed E-state index contributed by atoms with van der Waals surface area (Å²) < 4.78 is 20.0. The molecule has 3 aromatic rings. The van der Waals surface area contributed by atoms with Crippen LogP contribution in [0.25, 0.3) is 11.8 Å². The molecule has 1 N–H and O–H groups in total. The minimum Gasteiger partial charge on any atom is -0.494 e. The summed E-state index contributed by atoms with van der Waals surface area (Å²) in [4.78, 5) is 12.1. The highest BCUT2D eigenvalue weighted by Crippen LogP contribution is 2.20. The van der Waals surface area contributed by atoms with Crippen molar-refractivity contribution in [2.24, 2.45) is 0 Å². The number of aromatic nitrogens is 4. The molecule has 0 unspecified atom stereocenters. The standard InChI is InChI=1S/C18H16FN5O2/c1-12-3-6-14(10-16(12)24-11-20-22-23-24)21-18(25)8-5-13-4-7-17(26-2)15(19)9-13/h3-11H,1-2H3,(H,21,25)/b8-5+. The Morgan fingerprint density at radius 1 is 1.27 bits per heavy atom. The quantitative estimate of drug-likeness (QED) is 0.713. The number of carbonyl (C=O) groups excluding carboxylic acids is 1. The molecule has 0 atom stereocenters. The Hall–Kier alpha value is -3.55. The van der Waals surface area contributed by atoms with Crippen LogP contribution in [0.5, 0.6) is 5.75 Å². The molecule has 8 heteroatoms. The number of anilines is 1. The van der Waals surface area contributed by atoms with Crippen LogP contribution < -0.4 is 10.1 Å². The molecule has 0 fully saturated rings. The summed E-state index contributed by atoms with van der Waals surface area (Å²) in [6, 6.07) is 9.87. The number of rotatable bonds is 5. The fraction of sp³-hybridized carbons (Fsp3) is 0.111. The van der Waals surface area contributed by atoms with E-state index in [1.807, 2.05) is 13.0 Å². The molecule has 26 heavy (non-hydrogen) atoms. The number of hydrogen-bond acceptors (Lipinski definition) is 5. The molecular formula is C18H16FN5O2. The Kier molecular flexibility index (Phi) is 5.02. The Bertz CT molecular complexity index is 954. The van der Waals surface area contributed by atoms with Gasteiger partial charge in [-0.25, -0.2) is 9.07 Å². The topological polar surface area (TPSA) is 81.9 Å². The van der Waals surface area contributed by atoms with E-state index in [0.29, 0.717) is 11.3 Å². The number of aryl methyl sites for hydroxylation is 1. The molecule has 1 heterocycles. The Balaban J connectivity index is 1.72. The number of nitrogens with one attached hydrogen (secondary N) is 1. The maximum Gasteiger partial charge on any atom is 0.248 e. The highest BCUT2D eigenvalue weighted by atomic mass is 19.1. The van der Waals surface area contributed by atoms with E-state index in [9.17, 15) is 9.18 Å². The van der Waals surface area contributed by atoms with Crippen LogP contribution in [0.15, 0.2) is 48.8 Å². The molecule has 0 spiro atoms. The fourth-order valence-corrected chi connectivity index (χ4v) is 2.35. The van der Waals surface area contributed by atoms with Gasteiger partial charge in [0.05, 0.1) is 12.8 Å². The summed E-state index contributed by atoms with van der Waals surface area (Å²) in [7, 11) is 1.40. The van der Waals surface area contributed by atoms with Gasteiger partial charge in [-0.05, 0) is 58.8 Å². The van der Waals surface area contributed by atoms with Gasteiger partial charge in [-0.3, -0.25) is 4.79 Å². The Labute approximate surface area is 149 Å². The largest absolute Gasteiger partial charge is 0.494 e. The second-order valence-electron chi connectivity index (χ2n) is 5.47. The molecule has 132 valence electrons. The van der Waals surface area contributed by atoms with Crippen LogP contribution >= 0.6 is 0 Å². The number of ether oxygens (including phenoxy) is 1. The van der Waals surface area contributed by atoms with Crippen LogP contribution in [0.2, 0.25) is 0 Å². The number of nitrogens with zero attached hydrogens (tertiary/aromatic N) is 4. The van der Waals surface area contributed by atoms with Crippen LogP contribution in [0.3, 0.4) is 0 Å². The summed E-state index contributed by atoms with van der Waals surface area (Å²) in [5.41, 5.74) is 2.86. The van der Waals surface area contributed by atoms with E-state index in [-0.39, 0.29) is 11.7 Å². The number of hydrogen-bond donors (Lipinski definition) is 1. The molecule has 0 saturated heterocycles. The van der Waals surface area contributed by atoms with Gasteiger partial charge in [-0.1, -0.05) is 12.1 Å². The van der Waals surface area contributed by atoms with E-state index in [0.717, 1.165) is 11.3 Å². The lowest BCUT2D eigenvalue weighted by atomic mass is 10.1. The van der Waals surface area contributed by atoms with Crippen molar-refractivity contribution in [1.82, 2.24) is 20.2 Å². The van der Waals surface area contributed by atoms with Gasteiger partial charge in [-0.15, -0.1) is 5.10 Å². The van der Waals surface area contributed by atoms with E-state index in [2.05, 4.69) is 20.8 Å². The van der Waals surface area contributed by atoms with Gasteiger partial charge in [-0.2, -0.15) is 0 Å². The minimum atomic E-state index is -0.486. The third kappa shape index (κ3) is 3.92. The first-order valence-corrected chi connectivity index (χ1v) is 7.73. The Morgan fingerprint density at radius 3 is 2.81 bits per heavy atom. The van der Waals surface area contributed by atoms with Crippen LogP contribution in [0.1, 0.15) is 11.1 Å². The molecule has 0 saturated carbocycles. The number of methoxy groups -OCH3 is 1. The van der Waals surface area contributed by atoms with Gasteiger partial charge < -0.3 is 10.1 Å². The van der Waals surface area contributed by atoms with Gasteiger partial charge >= 0.3 is 0 Å². The average molecular weight is 353 g/mol. The molecule has 1 amide bonds. The summed E-state index contributed by atoms with van der Waals surface area (Å²) in [5.74, 6) is -0.672. The van der Waals surface area contributed by atoms with Crippen molar-refractivity contribution >= 4 is 17.7 Å². The first-order valence-electron chi connectivity index (χ1n) is 7.73. The maximum atomic E-state index is 13.7. The Morgan fingerprint density at radius 2 is 2.12 bits per heavy atom. The molecular weight excluding hydrogens is 337 g/mol.